The maximum absolute atomic E-state index is 13.6. The maximum Gasteiger partial charge on any atom is 0.325 e. The van der Waals surface area contributed by atoms with Crippen LogP contribution in [0.5, 0.6) is 0 Å². The summed E-state index contributed by atoms with van der Waals surface area (Å²) in [7, 11) is -3.22. The summed E-state index contributed by atoms with van der Waals surface area (Å²) in [6.07, 6.45) is 2.41. The number of nitrogens with one attached hydrogen (secondary N) is 1. The van der Waals surface area contributed by atoms with Crippen LogP contribution in [0.15, 0.2) is 54.6 Å². The number of hydrogen-bond donors (Lipinski definition) is 1. The third kappa shape index (κ3) is 3.98. The molecule has 1 spiro atoms. The summed E-state index contributed by atoms with van der Waals surface area (Å²) in [5, 5.41) is 2.87. The standard InChI is InChI=1S/C25H27N3O5S/c29-22(27(15-18-7-2-1-3-8-18)20-12-14-34(32,33)17-20)16-28-23(30)25(26-24(28)31)13-6-10-19-9-4-5-11-21(19)25/h1-5,7-9,11,20H,6,10,12-17H2,(H,26,31)/t20-,25+/m0/s1. The molecule has 0 bridgehead atoms. The summed E-state index contributed by atoms with van der Waals surface area (Å²) in [5.74, 6) is -0.935. The number of amides is 4. The highest BCUT2D eigenvalue weighted by Crippen LogP contribution is 2.40. The monoisotopic (exact) mass is 481 g/mol. The van der Waals surface area contributed by atoms with Gasteiger partial charge >= 0.3 is 6.03 Å². The molecule has 3 aliphatic rings. The van der Waals surface area contributed by atoms with E-state index in [1.165, 1.54) is 4.90 Å². The zero-order chi connectivity index (χ0) is 23.9. The molecule has 2 fully saturated rings. The second-order valence-corrected chi connectivity index (χ2v) is 11.5. The summed E-state index contributed by atoms with van der Waals surface area (Å²) in [6, 6.07) is 15.8. The van der Waals surface area contributed by atoms with Gasteiger partial charge in [0.05, 0.1) is 11.5 Å². The lowest BCUT2D eigenvalue weighted by Crippen LogP contribution is -2.49. The van der Waals surface area contributed by atoms with Gasteiger partial charge in [-0.3, -0.25) is 14.5 Å². The molecular weight excluding hydrogens is 454 g/mol. The number of fused-ring (bicyclic) bond motifs is 2. The smallest absolute Gasteiger partial charge is 0.325 e. The molecule has 2 saturated heterocycles. The Labute approximate surface area is 198 Å². The minimum atomic E-state index is -3.22. The van der Waals surface area contributed by atoms with Crippen molar-refractivity contribution in [1.29, 1.82) is 0 Å². The molecule has 0 aromatic heterocycles. The Morgan fingerprint density at radius 1 is 1.09 bits per heavy atom. The zero-order valence-corrected chi connectivity index (χ0v) is 19.6. The van der Waals surface area contributed by atoms with Gasteiger partial charge in [-0.25, -0.2) is 13.2 Å². The molecule has 8 nitrogen and oxygen atoms in total. The second kappa shape index (κ2) is 8.54. The number of imide groups is 1. The van der Waals surface area contributed by atoms with Crippen LogP contribution in [-0.4, -0.2) is 60.2 Å². The molecule has 2 heterocycles. The zero-order valence-electron chi connectivity index (χ0n) is 18.8. The first-order valence-electron chi connectivity index (χ1n) is 11.6. The first-order chi connectivity index (χ1) is 16.3. The molecule has 1 aliphatic carbocycles. The van der Waals surface area contributed by atoms with Crippen molar-refractivity contribution >= 4 is 27.7 Å². The first kappa shape index (κ1) is 22.6. The highest BCUT2D eigenvalue weighted by molar-refractivity contribution is 7.91. The number of aryl methyl sites for hydroxylation is 1. The number of sulfone groups is 1. The molecule has 178 valence electrons. The van der Waals surface area contributed by atoms with E-state index < -0.39 is 45.8 Å². The summed E-state index contributed by atoms with van der Waals surface area (Å²) >= 11 is 0. The summed E-state index contributed by atoms with van der Waals surface area (Å²) in [6.45, 7) is -0.199. The fraction of sp³-hybridized carbons (Fsp3) is 0.400. The van der Waals surface area contributed by atoms with Crippen LogP contribution < -0.4 is 5.32 Å². The Kier molecular flexibility index (Phi) is 5.67. The van der Waals surface area contributed by atoms with Crippen molar-refractivity contribution in [3.05, 3.63) is 71.3 Å². The SMILES string of the molecule is O=C1N[C@@]2(CCCc3ccccc32)C(=O)N1CC(=O)N(Cc1ccccc1)[C@H]1CCS(=O)(=O)C1. The van der Waals surface area contributed by atoms with Gasteiger partial charge in [-0.15, -0.1) is 0 Å². The van der Waals surface area contributed by atoms with Gasteiger partial charge in [-0.05, 0) is 42.4 Å². The van der Waals surface area contributed by atoms with Crippen LogP contribution in [0.4, 0.5) is 4.79 Å². The highest BCUT2D eigenvalue weighted by Gasteiger charge is 2.54. The van der Waals surface area contributed by atoms with E-state index in [9.17, 15) is 22.8 Å². The van der Waals surface area contributed by atoms with Crippen molar-refractivity contribution in [1.82, 2.24) is 15.1 Å². The van der Waals surface area contributed by atoms with Gasteiger partial charge in [0.25, 0.3) is 5.91 Å². The van der Waals surface area contributed by atoms with Crippen molar-refractivity contribution in [2.75, 3.05) is 18.1 Å². The Balaban J connectivity index is 1.40. The lowest BCUT2D eigenvalue weighted by Gasteiger charge is -2.33. The Hall–Kier alpha value is -3.20. The summed E-state index contributed by atoms with van der Waals surface area (Å²) in [5.41, 5.74) is 1.53. The van der Waals surface area contributed by atoms with Gasteiger partial charge in [0, 0.05) is 12.6 Å². The quantitative estimate of drug-likeness (QED) is 0.658. The normalized spacial score (nSPS) is 25.3. The van der Waals surface area contributed by atoms with E-state index in [-0.39, 0.29) is 18.1 Å². The number of nitrogens with zero attached hydrogens (tertiary/aromatic N) is 2. The Morgan fingerprint density at radius 2 is 1.82 bits per heavy atom. The van der Waals surface area contributed by atoms with Crippen LogP contribution in [0.25, 0.3) is 0 Å². The van der Waals surface area contributed by atoms with Crippen LogP contribution in [-0.2, 0) is 37.9 Å². The molecule has 34 heavy (non-hydrogen) atoms. The lowest BCUT2D eigenvalue weighted by molar-refractivity contribution is -0.140. The van der Waals surface area contributed by atoms with E-state index in [4.69, 9.17) is 0 Å². The molecule has 2 aliphatic heterocycles. The predicted octanol–water partition coefficient (Wildman–Crippen LogP) is 1.99. The molecule has 0 unspecified atom stereocenters. The third-order valence-corrected chi connectivity index (χ3v) is 8.86. The molecule has 4 amide bonds. The average molecular weight is 482 g/mol. The summed E-state index contributed by atoms with van der Waals surface area (Å²) < 4.78 is 24.2. The highest BCUT2D eigenvalue weighted by atomic mass is 32.2. The van der Waals surface area contributed by atoms with E-state index in [2.05, 4.69) is 5.32 Å². The van der Waals surface area contributed by atoms with Crippen molar-refractivity contribution in [2.24, 2.45) is 0 Å². The Morgan fingerprint density at radius 3 is 2.56 bits per heavy atom. The molecule has 9 heteroatoms. The van der Waals surface area contributed by atoms with Crippen molar-refractivity contribution in [3.8, 4) is 0 Å². The molecule has 2 aromatic carbocycles. The number of carbonyl (C=O) groups excluding carboxylic acids is 3. The molecule has 2 atom stereocenters. The van der Waals surface area contributed by atoms with Gasteiger partial charge < -0.3 is 10.2 Å². The summed E-state index contributed by atoms with van der Waals surface area (Å²) in [4.78, 5) is 42.5. The fourth-order valence-corrected chi connectivity index (χ4v) is 7.13. The van der Waals surface area contributed by atoms with Crippen LogP contribution >= 0.6 is 0 Å². The second-order valence-electron chi connectivity index (χ2n) is 9.30. The van der Waals surface area contributed by atoms with Crippen LogP contribution in [0, 0.1) is 0 Å². The van der Waals surface area contributed by atoms with Gasteiger partial charge in [0.1, 0.15) is 12.1 Å². The van der Waals surface area contributed by atoms with Gasteiger partial charge in [-0.2, -0.15) is 0 Å². The minimum Gasteiger partial charge on any atom is -0.333 e. The fourth-order valence-electron chi connectivity index (χ4n) is 5.40. The predicted molar refractivity (Wildman–Crippen MR) is 125 cm³/mol. The molecular formula is C25H27N3O5S. The maximum atomic E-state index is 13.6. The Bertz CT molecular complexity index is 1250. The number of benzene rings is 2. The average Bonchev–Trinajstić information content (AvgIpc) is 3.30. The van der Waals surface area contributed by atoms with Crippen LogP contribution in [0.3, 0.4) is 0 Å². The number of urea groups is 1. The molecule has 0 radical (unpaired) electrons. The van der Waals surface area contributed by atoms with E-state index in [1.54, 1.807) is 0 Å². The van der Waals surface area contributed by atoms with E-state index in [0.29, 0.717) is 12.8 Å². The van der Waals surface area contributed by atoms with Crippen molar-refractivity contribution in [3.63, 3.8) is 0 Å². The van der Waals surface area contributed by atoms with Crippen LogP contribution in [0.2, 0.25) is 0 Å². The first-order valence-corrected chi connectivity index (χ1v) is 13.4. The van der Waals surface area contributed by atoms with Gasteiger partial charge in [0.15, 0.2) is 9.84 Å². The number of rotatable bonds is 5. The molecule has 2 aromatic rings. The topological polar surface area (TPSA) is 104 Å². The number of hydrogen-bond acceptors (Lipinski definition) is 5. The molecule has 1 N–H and O–H groups in total. The lowest BCUT2D eigenvalue weighted by atomic mass is 9.76. The largest absolute Gasteiger partial charge is 0.333 e. The van der Waals surface area contributed by atoms with Gasteiger partial charge in [0.2, 0.25) is 5.91 Å². The molecule has 5 rings (SSSR count). The van der Waals surface area contributed by atoms with E-state index >= 15 is 0 Å². The van der Waals surface area contributed by atoms with Crippen LogP contribution in [0.1, 0.15) is 36.0 Å². The van der Waals surface area contributed by atoms with E-state index in [1.807, 2.05) is 54.6 Å². The van der Waals surface area contributed by atoms with Crippen molar-refractivity contribution in [2.45, 2.75) is 43.8 Å². The minimum absolute atomic E-state index is 0.0270. The number of carbonyl (C=O) groups is 3. The van der Waals surface area contributed by atoms with E-state index in [0.717, 1.165) is 34.4 Å². The molecule has 0 saturated carbocycles. The van der Waals surface area contributed by atoms with Gasteiger partial charge in [-0.1, -0.05) is 54.6 Å². The van der Waals surface area contributed by atoms with Crippen molar-refractivity contribution < 1.29 is 22.8 Å². The third-order valence-electron chi connectivity index (χ3n) is 7.11.